The first kappa shape index (κ1) is 13.3. The molecular formula is C13H18N4O3. The summed E-state index contributed by atoms with van der Waals surface area (Å²) >= 11 is 0. The molecule has 0 spiro atoms. The number of nitrogens with one attached hydrogen (secondary N) is 1. The zero-order valence-electron chi connectivity index (χ0n) is 11.5. The van der Waals surface area contributed by atoms with Gasteiger partial charge in [0, 0.05) is 38.9 Å². The molecule has 0 amide bonds. The molecule has 3 aliphatic rings. The Morgan fingerprint density at radius 2 is 2.20 bits per heavy atom. The van der Waals surface area contributed by atoms with E-state index in [1.54, 1.807) is 6.92 Å². The summed E-state index contributed by atoms with van der Waals surface area (Å²) in [5, 5.41) is 0. The van der Waals surface area contributed by atoms with Gasteiger partial charge in [-0.05, 0) is 6.92 Å². The minimum absolute atomic E-state index is 0.0353. The molecular weight excluding hydrogens is 260 g/mol. The molecule has 108 valence electrons. The van der Waals surface area contributed by atoms with Gasteiger partial charge in [0.25, 0.3) is 5.56 Å². The number of piperazine rings is 3. The average Bonchev–Trinajstić information content (AvgIpc) is 2.48. The Kier molecular flexibility index (Phi) is 3.54. The van der Waals surface area contributed by atoms with E-state index in [9.17, 15) is 9.59 Å². The number of ether oxygens (including phenoxy) is 1. The molecule has 1 aromatic heterocycles. The first-order valence-electron chi connectivity index (χ1n) is 6.91. The van der Waals surface area contributed by atoms with Crippen molar-refractivity contribution in [2.75, 3.05) is 39.3 Å². The maximum absolute atomic E-state index is 12.0. The predicted molar refractivity (Wildman–Crippen MR) is 71.6 cm³/mol. The highest BCUT2D eigenvalue weighted by Crippen LogP contribution is 2.25. The van der Waals surface area contributed by atoms with Crippen LogP contribution in [0.15, 0.2) is 11.0 Å². The van der Waals surface area contributed by atoms with Gasteiger partial charge in [0.05, 0.1) is 12.6 Å². The number of rotatable bonds is 3. The summed E-state index contributed by atoms with van der Waals surface area (Å²) in [6.45, 7) is 6.95. The lowest BCUT2D eigenvalue weighted by molar-refractivity contribution is 0.00849. The number of H-pyrrole nitrogens is 1. The summed E-state index contributed by atoms with van der Waals surface area (Å²) in [5.74, 6) is 0.00877. The van der Waals surface area contributed by atoms with Gasteiger partial charge in [0.15, 0.2) is 0 Å². The third kappa shape index (κ3) is 2.34. The Labute approximate surface area is 116 Å². The molecule has 3 saturated heterocycles. The topological polar surface area (TPSA) is 78.5 Å². The van der Waals surface area contributed by atoms with Crippen LogP contribution in [0.2, 0.25) is 0 Å². The van der Waals surface area contributed by atoms with E-state index in [2.05, 4.69) is 19.8 Å². The quantitative estimate of drug-likeness (QED) is 0.759. The van der Waals surface area contributed by atoms with Crippen LogP contribution >= 0.6 is 0 Å². The smallest absolute Gasteiger partial charge is 0.345 e. The first-order valence-corrected chi connectivity index (χ1v) is 6.91. The van der Waals surface area contributed by atoms with E-state index in [0.717, 1.165) is 32.7 Å². The molecule has 4 rings (SSSR count). The highest BCUT2D eigenvalue weighted by atomic mass is 16.5. The van der Waals surface area contributed by atoms with Crippen molar-refractivity contribution in [1.82, 2.24) is 19.8 Å². The number of aromatic amines is 1. The van der Waals surface area contributed by atoms with Crippen molar-refractivity contribution in [3.63, 3.8) is 0 Å². The lowest BCUT2D eigenvalue weighted by atomic mass is 10.1. The van der Waals surface area contributed by atoms with Crippen LogP contribution < -0.4 is 5.56 Å². The average molecular weight is 278 g/mol. The van der Waals surface area contributed by atoms with Crippen molar-refractivity contribution < 1.29 is 9.53 Å². The number of fused-ring (bicyclic) bond motifs is 3. The summed E-state index contributed by atoms with van der Waals surface area (Å²) in [7, 11) is 0. The van der Waals surface area contributed by atoms with Gasteiger partial charge in [-0.1, -0.05) is 0 Å². The van der Waals surface area contributed by atoms with Gasteiger partial charge in [0.2, 0.25) is 0 Å². The maximum Gasteiger partial charge on any atom is 0.345 e. The van der Waals surface area contributed by atoms with Gasteiger partial charge >= 0.3 is 5.97 Å². The number of aromatic nitrogens is 2. The van der Waals surface area contributed by atoms with E-state index < -0.39 is 11.5 Å². The molecule has 0 aliphatic carbocycles. The molecule has 1 atom stereocenters. The minimum atomic E-state index is -0.623. The molecule has 20 heavy (non-hydrogen) atoms. The molecule has 3 fully saturated rings. The van der Waals surface area contributed by atoms with Crippen LogP contribution in [0.4, 0.5) is 0 Å². The van der Waals surface area contributed by atoms with Crippen molar-refractivity contribution in [3.05, 3.63) is 27.9 Å². The summed E-state index contributed by atoms with van der Waals surface area (Å²) in [6, 6.07) is 0.112. The van der Waals surface area contributed by atoms with Crippen LogP contribution in [0.25, 0.3) is 0 Å². The minimum Gasteiger partial charge on any atom is -0.462 e. The van der Waals surface area contributed by atoms with Gasteiger partial charge in [-0.2, -0.15) is 0 Å². The van der Waals surface area contributed by atoms with Crippen molar-refractivity contribution in [1.29, 1.82) is 0 Å². The molecule has 7 nitrogen and oxygen atoms in total. The molecule has 0 aromatic carbocycles. The fraction of sp³-hybridized carbons (Fsp3) is 0.615. The molecule has 0 radical (unpaired) electrons. The normalized spacial score (nSPS) is 28.4. The van der Waals surface area contributed by atoms with E-state index in [1.165, 1.54) is 6.20 Å². The van der Waals surface area contributed by atoms with Crippen LogP contribution in [0.3, 0.4) is 0 Å². The number of nitrogens with zero attached hydrogens (tertiary/aromatic N) is 3. The molecule has 1 aromatic rings. The standard InChI is InChI=1S/C13H18N4O3/c1-2-20-13(19)9-7-14-11(15-12(9)18)10-8-16-3-5-17(10)6-4-16/h7,10H,2-6,8H2,1H3,(H,14,15,18). The molecule has 1 N–H and O–H groups in total. The van der Waals surface area contributed by atoms with Crippen LogP contribution in [-0.4, -0.2) is 65.1 Å². The summed E-state index contributed by atoms with van der Waals surface area (Å²) in [4.78, 5) is 35.2. The number of hydrogen-bond acceptors (Lipinski definition) is 6. The first-order chi connectivity index (χ1) is 9.69. The third-order valence-electron chi connectivity index (χ3n) is 3.91. The molecule has 1 unspecified atom stereocenters. The van der Waals surface area contributed by atoms with Gasteiger partial charge in [-0.3, -0.25) is 14.6 Å². The van der Waals surface area contributed by atoms with Gasteiger partial charge in [-0.15, -0.1) is 0 Å². The van der Waals surface area contributed by atoms with Crippen LogP contribution in [0.5, 0.6) is 0 Å². The lowest BCUT2D eigenvalue weighted by Gasteiger charge is -2.46. The lowest BCUT2D eigenvalue weighted by Crippen LogP contribution is -2.57. The molecule has 3 aliphatic heterocycles. The summed E-state index contributed by atoms with van der Waals surface area (Å²) < 4.78 is 4.83. The van der Waals surface area contributed by atoms with Crippen LogP contribution in [0.1, 0.15) is 29.1 Å². The second-order valence-electron chi connectivity index (χ2n) is 5.08. The van der Waals surface area contributed by atoms with E-state index >= 15 is 0 Å². The van der Waals surface area contributed by atoms with Gasteiger partial charge in [0.1, 0.15) is 11.4 Å². The SMILES string of the molecule is CCOC(=O)c1cnc(C2CN3CCN2CC3)[nH]c1=O. The van der Waals surface area contributed by atoms with Gasteiger partial charge < -0.3 is 9.72 Å². The van der Waals surface area contributed by atoms with Crippen molar-refractivity contribution in [3.8, 4) is 0 Å². The number of hydrogen-bond donors (Lipinski definition) is 1. The largest absolute Gasteiger partial charge is 0.462 e. The van der Waals surface area contributed by atoms with Crippen LogP contribution in [0, 0.1) is 0 Å². The second kappa shape index (κ2) is 5.34. The van der Waals surface area contributed by atoms with E-state index in [4.69, 9.17) is 4.74 Å². The summed E-state index contributed by atoms with van der Waals surface area (Å²) in [6.07, 6.45) is 1.32. The van der Waals surface area contributed by atoms with Crippen molar-refractivity contribution in [2.45, 2.75) is 13.0 Å². The van der Waals surface area contributed by atoms with Crippen molar-refractivity contribution >= 4 is 5.97 Å². The van der Waals surface area contributed by atoms with E-state index in [0.29, 0.717) is 5.82 Å². The van der Waals surface area contributed by atoms with E-state index in [1.807, 2.05) is 0 Å². The fourth-order valence-electron chi connectivity index (χ4n) is 2.81. The number of esters is 1. The Balaban J connectivity index is 1.84. The monoisotopic (exact) mass is 278 g/mol. The zero-order chi connectivity index (χ0) is 14.1. The zero-order valence-corrected chi connectivity index (χ0v) is 11.5. The molecule has 0 saturated carbocycles. The Morgan fingerprint density at radius 3 is 2.75 bits per heavy atom. The second-order valence-corrected chi connectivity index (χ2v) is 5.08. The third-order valence-corrected chi connectivity index (χ3v) is 3.91. The highest BCUT2D eigenvalue weighted by Gasteiger charge is 2.34. The molecule has 4 heterocycles. The van der Waals surface area contributed by atoms with E-state index in [-0.39, 0.29) is 18.2 Å². The number of carbonyl (C=O) groups excluding carboxylic acids is 1. The fourth-order valence-corrected chi connectivity index (χ4v) is 2.81. The number of carbonyl (C=O) groups is 1. The Bertz CT molecular complexity index is 563. The molecule has 7 heteroatoms. The van der Waals surface area contributed by atoms with Gasteiger partial charge in [-0.25, -0.2) is 9.78 Å². The Morgan fingerprint density at radius 1 is 1.45 bits per heavy atom. The maximum atomic E-state index is 12.0. The van der Waals surface area contributed by atoms with Crippen molar-refractivity contribution in [2.24, 2.45) is 0 Å². The summed E-state index contributed by atoms with van der Waals surface area (Å²) in [5.41, 5.74) is -0.460. The molecule has 2 bridgehead atoms. The highest BCUT2D eigenvalue weighted by molar-refractivity contribution is 5.88. The van der Waals surface area contributed by atoms with Crippen LogP contribution in [-0.2, 0) is 4.74 Å². The Hall–Kier alpha value is -1.73. The predicted octanol–water partition coefficient (Wildman–Crippen LogP) is -0.381.